The van der Waals surface area contributed by atoms with Crippen LogP contribution in [0, 0.1) is 17.3 Å². The molecule has 0 heterocycles. The number of carboxylic acid groups (broad SMARTS) is 1. The van der Waals surface area contributed by atoms with Crippen molar-refractivity contribution in [3.8, 4) is 0 Å². The van der Waals surface area contributed by atoms with Crippen LogP contribution in [0.3, 0.4) is 0 Å². The maximum Gasteiger partial charge on any atom is 0.326 e. The lowest BCUT2D eigenvalue weighted by atomic mass is 10.1. The number of urea groups is 1. The van der Waals surface area contributed by atoms with Crippen LogP contribution in [-0.2, 0) is 4.79 Å². The number of rotatable bonds is 5. The fourth-order valence-corrected chi connectivity index (χ4v) is 2.14. The molecule has 5 heteroatoms. The van der Waals surface area contributed by atoms with Gasteiger partial charge in [-0.2, -0.15) is 0 Å². The highest BCUT2D eigenvalue weighted by molar-refractivity contribution is 5.83. The average molecular weight is 240 g/mol. The summed E-state index contributed by atoms with van der Waals surface area (Å²) in [7, 11) is 0. The molecule has 2 aliphatic rings. The molecule has 0 aliphatic heterocycles. The van der Waals surface area contributed by atoms with Crippen molar-refractivity contribution in [1.29, 1.82) is 0 Å². The second kappa shape index (κ2) is 4.20. The van der Waals surface area contributed by atoms with Gasteiger partial charge in [0.25, 0.3) is 0 Å². The minimum Gasteiger partial charge on any atom is -0.480 e. The zero-order chi connectivity index (χ0) is 12.6. The molecular weight excluding hydrogens is 220 g/mol. The molecule has 0 bridgehead atoms. The van der Waals surface area contributed by atoms with Crippen molar-refractivity contribution < 1.29 is 14.7 Å². The zero-order valence-electron chi connectivity index (χ0n) is 10.3. The normalized spacial score (nSPS) is 27.1. The maximum absolute atomic E-state index is 11.5. The van der Waals surface area contributed by atoms with Crippen LogP contribution in [0.15, 0.2) is 0 Å². The molecule has 5 nitrogen and oxygen atoms in total. The van der Waals surface area contributed by atoms with E-state index in [1.165, 1.54) is 0 Å². The third kappa shape index (κ3) is 3.11. The number of nitrogens with one attached hydrogen (secondary N) is 2. The molecule has 2 fully saturated rings. The Morgan fingerprint density at radius 3 is 2.41 bits per heavy atom. The highest BCUT2D eigenvalue weighted by Crippen LogP contribution is 2.50. The minimum absolute atomic E-state index is 0.121. The monoisotopic (exact) mass is 240 g/mol. The Morgan fingerprint density at radius 2 is 2.00 bits per heavy atom. The summed E-state index contributed by atoms with van der Waals surface area (Å²) in [4.78, 5) is 22.5. The lowest BCUT2D eigenvalue weighted by Gasteiger charge is -2.14. The minimum atomic E-state index is -0.936. The van der Waals surface area contributed by atoms with Crippen LogP contribution in [0.1, 0.15) is 33.1 Å². The molecule has 0 saturated heterocycles. The molecule has 0 radical (unpaired) electrons. The Hall–Kier alpha value is -1.26. The van der Waals surface area contributed by atoms with E-state index >= 15 is 0 Å². The van der Waals surface area contributed by atoms with E-state index in [-0.39, 0.29) is 11.9 Å². The summed E-state index contributed by atoms with van der Waals surface area (Å²) in [5.74, 6) is -0.289. The molecule has 3 N–H and O–H groups in total. The second-order valence-electron chi connectivity index (χ2n) is 5.90. The van der Waals surface area contributed by atoms with Crippen molar-refractivity contribution in [2.45, 2.75) is 39.2 Å². The van der Waals surface area contributed by atoms with Gasteiger partial charge in [0.2, 0.25) is 0 Å². The first-order chi connectivity index (χ1) is 7.90. The van der Waals surface area contributed by atoms with Crippen LogP contribution in [0.25, 0.3) is 0 Å². The number of carbonyl (C=O) groups is 2. The molecule has 2 aliphatic carbocycles. The van der Waals surface area contributed by atoms with Gasteiger partial charge in [-0.1, -0.05) is 13.8 Å². The Morgan fingerprint density at radius 1 is 1.41 bits per heavy atom. The lowest BCUT2D eigenvalue weighted by Crippen LogP contribution is -2.47. The first-order valence-electron chi connectivity index (χ1n) is 6.17. The van der Waals surface area contributed by atoms with Crippen molar-refractivity contribution in [3.05, 3.63) is 0 Å². The van der Waals surface area contributed by atoms with Gasteiger partial charge in [-0.3, -0.25) is 0 Å². The van der Waals surface area contributed by atoms with Gasteiger partial charge >= 0.3 is 12.0 Å². The van der Waals surface area contributed by atoms with Crippen LogP contribution in [-0.4, -0.2) is 29.7 Å². The molecule has 2 rings (SSSR count). The van der Waals surface area contributed by atoms with Crippen LogP contribution in [0.2, 0.25) is 0 Å². The van der Waals surface area contributed by atoms with Crippen LogP contribution >= 0.6 is 0 Å². The zero-order valence-corrected chi connectivity index (χ0v) is 10.3. The Balaban J connectivity index is 1.71. The molecule has 96 valence electrons. The summed E-state index contributed by atoms with van der Waals surface area (Å²) >= 11 is 0. The van der Waals surface area contributed by atoms with Crippen LogP contribution in [0.5, 0.6) is 0 Å². The summed E-state index contributed by atoms with van der Waals surface area (Å²) in [6.07, 6.45) is 2.91. The SMILES string of the molecule is CC1(C)CC1CNC(=O)NC(C(=O)O)C1CC1. The van der Waals surface area contributed by atoms with E-state index in [1.807, 2.05) is 0 Å². The summed E-state index contributed by atoms with van der Waals surface area (Å²) in [5, 5.41) is 14.3. The Labute approximate surface area is 101 Å². The molecule has 0 spiro atoms. The molecule has 0 aromatic heterocycles. The number of hydrogen-bond donors (Lipinski definition) is 3. The largest absolute Gasteiger partial charge is 0.480 e. The Kier molecular flexibility index (Phi) is 3.02. The Bertz CT molecular complexity index is 337. The third-order valence-corrected chi connectivity index (χ3v) is 3.87. The summed E-state index contributed by atoms with van der Waals surface area (Å²) in [6.45, 7) is 4.97. The van der Waals surface area contributed by atoms with Gasteiger partial charge in [0, 0.05) is 6.54 Å². The van der Waals surface area contributed by atoms with E-state index in [0.29, 0.717) is 17.9 Å². The fourth-order valence-electron chi connectivity index (χ4n) is 2.14. The predicted molar refractivity (Wildman–Crippen MR) is 62.6 cm³/mol. The van der Waals surface area contributed by atoms with Crippen molar-refractivity contribution in [3.63, 3.8) is 0 Å². The molecule has 2 atom stereocenters. The van der Waals surface area contributed by atoms with Crippen LogP contribution in [0.4, 0.5) is 4.79 Å². The number of carbonyl (C=O) groups excluding carboxylic acids is 1. The molecule has 0 aromatic rings. The van der Waals surface area contributed by atoms with Gasteiger partial charge in [-0.05, 0) is 36.5 Å². The predicted octanol–water partition coefficient (Wildman–Crippen LogP) is 1.19. The third-order valence-electron chi connectivity index (χ3n) is 3.87. The van der Waals surface area contributed by atoms with Gasteiger partial charge in [0.05, 0.1) is 0 Å². The van der Waals surface area contributed by atoms with Crippen molar-refractivity contribution in [2.24, 2.45) is 17.3 Å². The highest BCUT2D eigenvalue weighted by Gasteiger charge is 2.45. The van der Waals surface area contributed by atoms with E-state index in [9.17, 15) is 9.59 Å². The molecular formula is C12H20N2O3. The number of hydrogen-bond acceptors (Lipinski definition) is 2. The van der Waals surface area contributed by atoms with E-state index in [0.717, 1.165) is 19.3 Å². The molecule has 0 aromatic carbocycles. The quantitative estimate of drug-likeness (QED) is 0.675. The van der Waals surface area contributed by atoms with E-state index < -0.39 is 12.0 Å². The van der Waals surface area contributed by atoms with E-state index in [2.05, 4.69) is 24.5 Å². The van der Waals surface area contributed by atoms with Gasteiger partial charge in [0.1, 0.15) is 6.04 Å². The van der Waals surface area contributed by atoms with Gasteiger partial charge in [-0.15, -0.1) is 0 Å². The van der Waals surface area contributed by atoms with Gasteiger partial charge < -0.3 is 15.7 Å². The summed E-state index contributed by atoms with van der Waals surface area (Å²) in [5.41, 5.74) is 0.329. The fraction of sp³-hybridized carbons (Fsp3) is 0.833. The van der Waals surface area contributed by atoms with Crippen molar-refractivity contribution in [2.75, 3.05) is 6.54 Å². The first-order valence-corrected chi connectivity index (χ1v) is 6.17. The molecule has 17 heavy (non-hydrogen) atoms. The number of carboxylic acids is 1. The summed E-state index contributed by atoms with van der Waals surface area (Å²) < 4.78 is 0. The summed E-state index contributed by atoms with van der Waals surface area (Å²) in [6, 6.07) is -1.07. The molecule has 2 amide bonds. The topological polar surface area (TPSA) is 78.4 Å². The van der Waals surface area contributed by atoms with Gasteiger partial charge in [-0.25, -0.2) is 9.59 Å². The van der Waals surface area contributed by atoms with Crippen LogP contribution < -0.4 is 10.6 Å². The van der Waals surface area contributed by atoms with E-state index in [1.54, 1.807) is 0 Å². The second-order valence-corrected chi connectivity index (χ2v) is 5.90. The number of aliphatic carboxylic acids is 1. The van der Waals surface area contributed by atoms with Crippen molar-refractivity contribution >= 4 is 12.0 Å². The molecule has 2 saturated carbocycles. The average Bonchev–Trinajstić information content (AvgIpc) is 3.09. The van der Waals surface area contributed by atoms with E-state index in [4.69, 9.17) is 5.11 Å². The standard InChI is InChI=1S/C12H20N2O3/c1-12(2)5-8(12)6-13-11(17)14-9(10(15)16)7-3-4-7/h7-9H,3-6H2,1-2H3,(H,15,16)(H2,13,14,17). The first kappa shape index (κ1) is 12.2. The van der Waals surface area contributed by atoms with Gasteiger partial charge in [0.15, 0.2) is 0 Å². The lowest BCUT2D eigenvalue weighted by molar-refractivity contribution is -0.139. The highest BCUT2D eigenvalue weighted by atomic mass is 16.4. The van der Waals surface area contributed by atoms with Crippen molar-refractivity contribution in [1.82, 2.24) is 10.6 Å². The maximum atomic E-state index is 11.5. The number of amides is 2. The smallest absolute Gasteiger partial charge is 0.326 e. The molecule has 2 unspecified atom stereocenters.